The first kappa shape index (κ1) is 17.5. The maximum atomic E-state index is 13.7. The van der Waals surface area contributed by atoms with E-state index in [4.69, 9.17) is 4.42 Å². The third kappa shape index (κ3) is 2.75. The van der Waals surface area contributed by atoms with Crippen molar-refractivity contribution in [2.24, 2.45) is 18.4 Å². The summed E-state index contributed by atoms with van der Waals surface area (Å²) in [5, 5.41) is 4.33. The fourth-order valence-electron chi connectivity index (χ4n) is 5.09. The van der Waals surface area contributed by atoms with Crippen LogP contribution in [0, 0.1) is 11.3 Å². The molecule has 148 valence electrons. The lowest BCUT2D eigenvalue weighted by atomic mass is 9.70. The molecule has 2 aromatic rings. The summed E-state index contributed by atoms with van der Waals surface area (Å²) in [5.41, 5.74) is 0.458. The van der Waals surface area contributed by atoms with Gasteiger partial charge in [-0.2, -0.15) is 5.10 Å². The zero-order chi connectivity index (χ0) is 19.3. The van der Waals surface area contributed by atoms with Gasteiger partial charge in [-0.25, -0.2) is 0 Å². The third-order valence-electron chi connectivity index (χ3n) is 6.72. The van der Waals surface area contributed by atoms with Crippen molar-refractivity contribution in [3.05, 3.63) is 42.1 Å². The van der Waals surface area contributed by atoms with E-state index in [0.29, 0.717) is 24.8 Å². The Balaban J connectivity index is 1.50. The predicted octanol–water partition coefficient (Wildman–Crippen LogP) is 2.27. The van der Waals surface area contributed by atoms with Crippen molar-refractivity contribution in [1.29, 1.82) is 0 Å². The van der Waals surface area contributed by atoms with Crippen LogP contribution in [0.5, 0.6) is 0 Å². The van der Waals surface area contributed by atoms with Gasteiger partial charge < -0.3 is 14.2 Å². The summed E-state index contributed by atoms with van der Waals surface area (Å²) in [6.45, 7) is 2.66. The van der Waals surface area contributed by atoms with Crippen LogP contribution >= 0.6 is 0 Å². The van der Waals surface area contributed by atoms with E-state index in [1.54, 1.807) is 23.2 Å². The molecule has 0 bridgehead atoms. The van der Waals surface area contributed by atoms with E-state index in [-0.39, 0.29) is 17.7 Å². The molecule has 4 heterocycles. The Morgan fingerprint density at radius 2 is 2.21 bits per heavy atom. The molecule has 1 saturated carbocycles. The van der Waals surface area contributed by atoms with Crippen molar-refractivity contribution in [1.82, 2.24) is 19.6 Å². The number of likely N-dealkylation sites (tertiary alicyclic amines) is 2. The van der Waals surface area contributed by atoms with E-state index >= 15 is 0 Å². The highest BCUT2D eigenvalue weighted by Crippen LogP contribution is 2.50. The average Bonchev–Trinajstić information content (AvgIpc) is 3.09. The monoisotopic (exact) mass is 382 g/mol. The van der Waals surface area contributed by atoms with E-state index in [1.165, 1.54) is 19.1 Å². The Morgan fingerprint density at radius 3 is 2.89 bits per heavy atom. The smallest absolute Gasteiger partial charge is 0.289 e. The Morgan fingerprint density at radius 1 is 1.36 bits per heavy atom. The van der Waals surface area contributed by atoms with E-state index in [2.05, 4.69) is 10.00 Å². The van der Waals surface area contributed by atoms with E-state index in [0.717, 1.165) is 31.6 Å². The fourth-order valence-corrected chi connectivity index (χ4v) is 5.09. The number of hydrogen-bond donors (Lipinski definition) is 0. The quantitative estimate of drug-likeness (QED) is 0.813. The highest BCUT2D eigenvalue weighted by atomic mass is 16.3. The van der Waals surface area contributed by atoms with Gasteiger partial charge in [0.25, 0.3) is 5.91 Å². The van der Waals surface area contributed by atoms with Crippen LogP contribution in [-0.2, 0) is 11.8 Å². The summed E-state index contributed by atoms with van der Waals surface area (Å²) in [4.78, 5) is 30.6. The minimum atomic E-state index is -0.566. The standard InChI is InChI=1S/C21H26N4O3/c1-23-17(7-9-22-23)16-13-25(19(26)18-4-2-11-28-18)14-21(16)8-3-10-24(20(21)27)12-15-5-6-15/h2,4,7,9,11,15-16H,3,5-6,8,10,12-14H2,1H3/t16-,21+/m0/s1. The summed E-state index contributed by atoms with van der Waals surface area (Å²) in [6, 6.07) is 5.40. The van der Waals surface area contributed by atoms with Gasteiger partial charge in [-0.05, 0) is 49.8 Å². The minimum absolute atomic E-state index is 0.0478. The zero-order valence-electron chi connectivity index (χ0n) is 16.2. The lowest BCUT2D eigenvalue weighted by Gasteiger charge is -2.42. The second kappa shape index (κ2) is 6.50. The van der Waals surface area contributed by atoms with Crippen molar-refractivity contribution in [3.8, 4) is 0 Å². The first-order chi connectivity index (χ1) is 13.6. The van der Waals surface area contributed by atoms with Crippen LogP contribution in [0.2, 0.25) is 0 Å². The molecule has 3 fully saturated rings. The van der Waals surface area contributed by atoms with Crippen molar-refractivity contribution in [2.75, 3.05) is 26.2 Å². The van der Waals surface area contributed by atoms with Crippen molar-refractivity contribution >= 4 is 11.8 Å². The molecule has 3 aliphatic rings. The molecule has 1 spiro atoms. The molecule has 2 amide bonds. The maximum Gasteiger partial charge on any atom is 0.289 e. The van der Waals surface area contributed by atoms with Gasteiger partial charge >= 0.3 is 0 Å². The van der Waals surface area contributed by atoms with Crippen LogP contribution in [0.25, 0.3) is 0 Å². The number of amides is 2. The molecule has 2 atom stereocenters. The molecule has 7 nitrogen and oxygen atoms in total. The fraction of sp³-hybridized carbons (Fsp3) is 0.571. The van der Waals surface area contributed by atoms with Gasteiger partial charge in [0.2, 0.25) is 5.91 Å². The van der Waals surface area contributed by atoms with Crippen molar-refractivity contribution in [3.63, 3.8) is 0 Å². The van der Waals surface area contributed by atoms with Gasteiger partial charge in [-0.1, -0.05) is 0 Å². The molecule has 28 heavy (non-hydrogen) atoms. The minimum Gasteiger partial charge on any atom is -0.459 e. The average molecular weight is 382 g/mol. The summed E-state index contributed by atoms with van der Waals surface area (Å²) < 4.78 is 7.19. The summed E-state index contributed by atoms with van der Waals surface area (Å²) in [6.07, 6.45) is 7.53. The normalized spacial score (nSPS) is 27.8. The van der Waals surface area contributed by atoms with Gasteiger partial charge in [0.05, 0.1) is 11.7 Å². The number of furan rings is 1. The van der Waals surface area contributed by atoms with Crippen LogP contribution in [0.1, 0.15) is 47.8 Å². The third-order valence-corrected chi connectivity index (χ3v) is 6.72. The Labute approximate surface area is 164 Å². The lowest BCUT2D eigenvalue weighted by molar-refractivity contribution is -0.146. The first-order valence-electron chi connectivity index (χ1n) is 10.2. The second-order valence-corrected chi connectivity index (χ2v) is 8.55. The predicted molar refractivity (Wildman–Crippen MR) is 102 cm³/mol. The summed E-state index contributed by atoms with van der Waals surface area (Å²) >= 11 is 0. The number of carbonyl (C=O) groups excluding carboxylic acids is 2. The molecule has 2 aromatic heterocycles. The maximum absolute atomic E-state index is 13.7. The van der Waals surface area contributed by atoms with Crippen LogP contribution in [-0.4, -0.2) is 57.6 Å². The molecular formula is C21H26N4O3. The SMILES string of the molecule is Cn1nccc1[C@@H]1CN(C(=O)c2ccco2)C[C@]12CCCN(CC1CC1)C2=O. The summed E-state index contributed by atoms with van der Waals surface area (Å²) in [7, 11) is 1.91. The number of piperidine rings is 1. The molecule has 0 N–H and O–H groups in total. The number of hydrogen-bond acceptors (Lipinski definition) is 4. The molecule has 0 radical (unpaired) electrons. The molecule has 2 aliphatic heterocycles. The molecule has 7 heteroatoms. The molecule has 2 saturated heterocycles. The largest absolute Gasteiger partial charge is 0.459 e. The molecule has 0 aromatic carbocycles. The Hall–Kier alpha value is -2.57. The molecule has 1 aliphatic carbocycles. The lowest BCUT2D eigenvalue weighted by Crippen LogP contribution is -2.53. The summed E-state index contributed by atoms with van der Waals surface area (Å²) in [5.74, 6) is 1.02. The number of carbonyl (C=O) groups is 2. The number of nitrogens with zero attached hydrogens (tertiary/aromatic N) is 4. The van der Waals surface area contributed by atoms with Crippen LogP contribution in [0.3, 0.4) is 0 Å². The van der Waals surface area contributed by atoms with Gasteiger partial charge in [0.1, 0.15) is 0 Å². The highest BCUT2D eigenvalue weighted by Gasteiger charge is 2.57. The highest BCUT2D eigenvalue weighted by molar-refractivity contribution is 5.93. The zero-order valence-corrected chi connectivity index (χ0v) is 16.2. The van der Waals surface area contributed by atoms with E-state index < -0.39 is 5.41 Å². The van der Waals surface area contributed by atoms with Gasteiger partial charge in [0, 0.05) is 51.0 Å². The van der Waals surface area contributed by atoms with Crippen molar-refractivity contribution in [2.45, 2.75) is 31.6 Å². The number of rotatable bonds is 4. The Kier molecular flexibility index (Phi) is 4.07. The van der Waals surface area contributed by atoms with Gasteiger partial charge in [0.15, 0.2) is 5.76 Å². The van der Waals surface area contributed by atoms with Gasteiger partial charge in [-0.15, -0.1) is 0 Å². The van der Waals surface area contributed by atoms with E-state index in [1.807, 2.05) is 17.8 Å². The van der Waals surface area contributed by atoms with Crippen LogP contribution < -0.4 is 0 Å². The topological polar surface area (TPSA) is 71.6 Å². The van der Waals surface area contributed by atoms with Crippen LogP contribution in [0.15, 0.2) is 35.1 Å². The second-order valence-electron chi connectivity index (χ2n) is 8.55. The number of aryl methyl sites for hydroxylation is 1. The molecule has 0 unspecified atom stereocenters. The van der Waals surface area contributed by atoms with Crippen molar-refractivity contribution < 1.29 is 14.0 Å². The van der Waals surface area contributed by atoms with Gasteiger partial charge in [-0.3, -0.25) is 14.3 Å². The first-order valence-corrected chi connectivity index (χ1v) is 10.2. The number of aromatic nitrogens is 2. The van der Waals surface area contributed by atoms with Crippen LogP contribution in [0.4, 0.5) is 0 Å². The Bertz CT molecular complexity index is 885. The molecule has 5 rings (SSSR count). The van der Waals surface area contributed by atoms with E-state index in [9.17, 15) is 9.59 Å². The molecular weight excluding hydrogens is 356 g/mol.